The number of aliphatic hydroxyl groups is 1. The highest BCUT2D eigenvalue weighted by Crippen LogP contribution is 2.41. The average molecular weight is 604 g/mol. The Bertz CT molecular complexity index is 1850. The van der Waals surface area contributed by atoms with Crippen LogP contribution in [-0.2, 0) is 12.8 Å². The lowest BCUT2D eigenvalue weighted by atomic mass is 9.96. The van der Waals surface area contributed by atoms with Gasteiger partial charge in [0.2, 0.25) is 0 Å². The summed E-state index contributed by atoms with van der Waals surface area (Å²) < 4.78 is 5.77. The Morgan fingerprint density at radius 2 is 1.98 bits per heavy atom. The second-order valence-corrected chi connectivity index (χ2v) is 12.3. The van der Waals surface area contributed by atoms with Gasteiger partial charge in [-0.1, -0.05) is 30.3 Å². The fourth-order valence-electron chi connectivity index (χ4n) is 7.11. The molecule has 0 aliphatic heterocycles. The number of phenols is 1. The topological polar surface area (TPSA) is 133 Å². The summed E-state index contributed by atoms with van der Waals surface area (Å²) in [6.45, 7) is 0.146. The highest BCUT2D eigenvalue weighted by Gasteiger charge is 2.29. The molecule has 7 rings (SSSR count). The van der Waals surface area contributed by atoms with Crippen molar-refractivity contribution in [3.8, 4) is 34.0 Å². The van der Waals surface area contributed by atoms with Crippen LogP contribution in [0, 0.1) is 5.92 Å². The van der Waals surface area contributed by atoms with Crippen LogP contribution >= 0.6 is 0 Å². The molecule has 45 heavy (non-hydrogen) atoms. The Kier molecular flexibility index (Phi) is 7.94. The van der Waals surface area contributed by atoms with E-state index in [9.17, 15) is 15.0 Å². The van der Waals surface area contributed by atoms with Gasteiger partial charge in [-0.05, 0) is 86.3 Å². The summed E-state index contributed by atoms with van der Waals surface area (Å²) in [6.07, 6.45) is 8.09. The van der Waals surface area contributed by atoms with E-state index in [1.54, 1.807) is 25.3 Å². The van der Waals surface area contributed by atoms with E-state index in [0.717, 1.165) is 83.5 Å². The number of methoxy groups -OCH3 is 1. The van der Waals surface area contributed by atoms with Crippen molar-refractivity contribution in [1.82, 2.24) is 25.5 Å². The maximum Gasteiger partial charge on any atom is 0.255 e. The van der Waals surface area contributed by atoms with Gasteiger partial charge in [-0.3, -0.25) is 14.9 Å². The first-order valence-electron chi connectivity index (χ1n) is 15.7. The number of para-hydroxylation sites is 1. The zero-order valence-electron chi connectivity index (χ0n) is 25.3. The van der Waals surface area contributed by atoms with Gasteiger partial charge in [-0.25, -0.2) is 4.98 Å². The molecule has 5 aromatic rings. The Hall–Kier alpha value is -4.76. The summed E-state index contributed by atoms with van der Waals surface area (Å²) in [7, 11) is 1.68. The molecule has 230 valence electrons. The Balaban J connectivity index is 1.02. The normalized spacial score (nSPS) is 18.2. The average Bonchev–Trinajstić information content (AvgIpc) is 3.83. The first-order valence-corrected chi connectivity index (χ1v) is 15.7. The molecule has 1 amide bonds. The first kappa shape index (κ1) is 29.0. The summed E-state index contributed by atoms with van der Waals surface area (Å²) >= 11 is 0. The molecule has 3 heterocycles. The summed E-state index contributed by atoms with van der Waals surface area (Å²) in [5.74, 6) is 0.932. The first-order chi connectivity index (χ1) is 22.0. The standard InChI is InChI=1S/C36H37N5O4/c1-45-32-18-30-35(39-34(32)27-10-5-7-22-6-4-9-26(22)27)33(41-40-30)24-14-15-29(37-19-24)23-13-12-21(16-23)17-25(42)20-38-36(44)28-8-2-3-11-31(28)43/h2-3,5,7-8,10-11,14-15,18-19,21,23,25,42-43H,4,6,9,12-13,16-17,20H2,1H3,(H,38,44)(H,40,41)/t21-,23-,25-/m0/s1. The van der Waals surface area contributed by atoms with E-state index in [1.807, 2.05) is 12.3 Å². The number of aromatic hydroxyl groups is 1. The van der Waals surface area contributed by atoms with E-state index in [2.05, 4.69) is 45.8 Å². The molecular weight excluding hydrogens is 566 g/mol. The number of nitrogens with one attached hydrogen (secondary N) is 2. The van der Waals surface area contributed by atoms with Crippen LogP contribution in [0.3, 0.4) is 0 Å². The summed E-state index contributed by atoms with van der Waals surface area (Å²) in [6, 6.07) is 19.0. The number of carbonyl (C=O) groups excluding carboxylic acids is 1. The Labute approximate surface area is 261 Å². The Morgan fingerprint density at radius 3 is 2.80 bits per heavy atom. The number of H-pyrrole nitrogens is 1. The molecule has 3 aromatic heterocycles. The highest BCUT2D eigenvalue weighted by molar-refractivity contribution is 5.96. The van der Waals surface area contributed by atoms with Gasteiger partial charge in [-0.15, -0.1) is 0 Å². The number of aryl methyl sites for hydroxylation is 1. The number of aromatic nitrogens is 4. The van der Waals surface area contributed by atoms with Crippen molar-refractivity contribution in [2.75, 3.05) is 13.7 Å². The number of fused-ring (bicyclic) bond motifs is 2. The van der Waals surface area contributed by atoms with Gasteiger partial charge in [0.25, 0.3) is 5.91 Å². The van der Waals surface area contributed by atoms with Crippen LogP contribution in [0.1, 0.15) is 65.2 Å². The Morgan fingerprint density at radius 1 is 1.09 bits per heavy atom. The molecular formula is C36H37N5O4. The minimum absolute atomic E-state index is 0.0709. The van der Waals surface area contributed by atoms with Gasteiger partial charge in [0.05, 0.1) is 24.3 Å². The zero-order valence-corrected chi connectivity index (χ0v) is 25.3. The largest absolute Gasteiger partial charge is 0.507 e. The van der Waals surface area contributed by atoms with Crippen LogP contribution in [0.4, 0.5) is 0 Å². The third-order valence-electron chi connectivity index (χ3n) is 9.39. The number of carbonyl (C=O) groups is 1. The van der Waals surface area contributed by atoms with Crippen molar-refractivity contribution in [1.29, 1.82) is 0 Å². The number of rotatable bonds is 9. The molecule has 2 aromatic carbocycles. The van der Waals surface area contributed by atoms with Crippen LogP contribution in [0.25, 0.3) is 33.5 Å². The lowest BCUT2D eigenvalue weighted by Crippen LogP contribution is -2.33. The fraction of sp³-hybridized carbons (Fsp3) is 0.333. The number of nitrogens with zero attached hydrogens (tertiary/aromatic N) is 3. The third kappa shape index (κ3) is 5.76. The van der Waals surface area contributed by atoms with E-state index in [-0.39, 0.29) is 23.8 Å². The van der Waals surface area contributed by atoms with Crippen LogP contribution < -0.4 is 10.1 Å². The van der Waals surface area contributed by atoms with E-state index in [4.69, 9.17) is 14.7 Å². The van der Waals surface area contributed by atoms with Crippen molar-refractivity contribution in [3.05, 3.63) is 89.2 Å². The van der Waals surface area contributed by atoms with Crippen LogP contribution in [0.2, 0.25) is 0 Å². The number of hydrogen-bond donors (Lipinski definition) is 4. The molecule has 0 bridgehead atoms. The number of aliphatic hydroxyl groups excluding tert-OH is 1. The molecule has 2 aliphatic carbocycles. The second-order valence-electron chi connectivity index (χ2n) is 12.3. The number of pyridine rings is 2. The molecule has 0 radical (unpaired) electrons. The molecule has 0 spiro atoms. The van der Waals surface area contributed by atoms with Gasteiger partial charge in [0.15, 0.2) is 0 Å². The number of benzene rings is 2. The number of aromatic amines is 1. The molecule has 4 N–H and O–H groups in total. The molecule has 9 heteroatoms. The van der Waals surface area contributed by atoms with Crippen molar-refractivity contribution in [3.63, 3.8) is 0 Å². The highest BCUT2D eigenvalue weighted by atomic mass is 16.5. The lowest BCUT2D eigenvalue weighted by molar-refractivity contribution is 0.0893. The number of ether oxygens (including phenoxy) is 1. The van der Waals surface area contributed by atoms with Crippen molar-refractivity contribution < 1.29 is 19.7 Å². The van der Waals surface area contributed by atoms with E-state index >= 15 is 0 Å². The molecule has 9 nitrogen and oxygen atoms in total. The van der Waals surface area contributed by atoms with Crippen LogP contribution in [0.5, 0.6) is 11.5 Å². The second kappa shape index (κ2) is 12.3. The summed E-state index contributed by atoms with van der Waals surface area (Å²) in [5, 5.41) is 31.0. The minimum Gasteiger partial charge on any atom is -0.507 e. The lowest BCUT2D eigenvalue weighted by Gasteiger charge is -2.17. The predicted molar refractivity (Wildman–Crippen MR) is 172 cm³/mol. The summed E-state index contributed by atoms with van der Waals surface area (Å²) in [5.41, 5.74) is 9.24. The number of phenolic OH excluding ortho intramolecular Hbond substituents is 1. The predicted octanol–water partition coefficient (Wildman–Crippen LogP) is 5.95. The monoisotopic (exact) mass is 603 g/mol. The third-order valence-corrected chi connectivity index (χ3v) is 9.39. The van der Waals surface area contributed by atoms with Crippen molar-refractivity contribution in [2.24, 2.45) is 5.92 Å². The maximum absolute atomic E-state index is 12.4. The van der Waals surface area contributed by atoms with Gasteiger partial charge < -0.3 is 20.3 Å². The van der Waals surface area contributed by atoms with E-state index in [1.165, 1.54) is 17.2 Å². The van der Waals surface area contributed by atoms with Crippen molar-refractivity contribution in [2.45, 2.75) is 57.0 Å². The van der Waals surface area contributed by atoms with Crippen LogP contribution in [0.15, 0.2) is 66.9 Å². The van der Waals surface area contributed by atoms with Crippen molar-refractivity contribution >= 4 is 16.9 Å². The maximum atomic E-state index is 12.4. The molecule has 0 saturated heterocycles. The molecule has 2 aliphatic rings. The summed E-state index contributed by atoms with van der Waals surface area (Å²) in [4.78, 5) is 22.3. The smallest absolute Gasteiger partial charge is 0.255 e. The van der Waals surface area contributed by atoms with Crippen LogP contribution in [-0.4, -0.2) is 56.0 Å². The zero-order chi connectivity index (χ0) is 30.9. The quantitative estimate of drug-likeness (QED) is 0.164. The molecule has 1 saturated carbocycles. The molecule has 0 unspecified atom stereocenters. The van der Waals surface area contributed by atoms with Gasteiger partial charge >= 0.3 is 0 Å². The molecule has 1 fully saturated rings. The van der Waals surface area contributed by atoms with Gasteiger partial charge in [0, 0.05) is 41.5 Å². The SMILES string of the molecule is COc1cc2[nH]nc(-c3ccc([C@H]4CC[C@H](C[C@H](O)CNC(=O)c5ccccc5O)C4)nc3)c2nc1-c1cccc2c1CCC2. The van der Waals surface area contributed by atoms with E-state index in [0.29, 0.717) is 18.3 Å². The number of hydrogen-bond acceptors (Lipinski definition) is 7. The fourth-order valence-corrected chi connectivity index (χ4v) is 7.11. The molecule has 3 atom stereocenters. The van der Waals surface area contributed by atoms with E-state index < -0.39 is 6.10 Å². The minimum atomic E-state index is -0.653. The van der Waals surface area contributed by atoms with Gasteiger partial charge in [0.1, 0.15) is 28.4 Å². The number of amides is 1. The van der Waals surface area contributed by atoms with Gasteiger partial charge in [-0.2, -0.15) is 5.10 Å².